The number of esters is 1. The van der Waals surface area contributed by atoms with Gasteiger partial charge in [0.05, 0.1) is 10.7 Å². The van der Waals surface area contributed by atoms with Crippen molar-refractivity contribution in [2.75, 3.05) is 5.73 Å². The maximum absolute atomic E-state index is 11.7. The Morgan fingerprint density at radius 2 is 2.00 bits per heavy atom. The Kier molecular flexibility index (Phi) is 3.33. The van der Waals surface area contributed by atoms with Crippen LogP contribution in [0.15, 0.2) is 12.1 Å². The Bertz CT molecular complexity index is 424. The predicted molar refractivity (Wildman–Crippen MR) is 62.7 cm³/mol. The smallest absolute Gasteiger partial charge is 0.342 e. The fourth-order valence-electron chi connectivity index (χ4n) is 1.07. The molecule has 1 rings (SSSR count). The molecule has 0 saturated carbocycles. The first-order valence-electron chi connectivity index (χ1n) is 4.72. The van der Waals surface area contributed by atoms with E-state index in [4.69, 9.17) is 22.1 Å². The summed E-state index contributed by atoms with van der Waals surface area (Å²) in [5.74, 6) is -0.872. The van der Waals surface area contributed by atoms with Gasteiger partial charge >= 0.3 is 5.97 Å². The summed E-state index contributed by atoms with van der Waals surface area (Å²) in [5, 5.41) is 9.75. The topological polar surface area (TPSA) is 72.5 Å². The standard InChI is InChI=1S/C11H14ClNO3/c1-11(2,3)16-10(15)6-4-7(12)8(13)5-9(6)14/h4-5,14H,13H2,1-3H3. The van der Waals surface area contributed by atoms with Crippen LogP contribution >= 0.6 is 11.6 Å². The molecule has 1 aromatic carbocycles. The molecule has 0 saturated heterocycles. The molecular weight excluding hydrogens is 230 g/mol. The van der Waals surface area contributed by atoms with Gasteiger partial charge in [0.1, 0.15) is 16.9 Å². The minimum absolute atomic E-state index is 0.00845. The minimum Gasteiger partial charge on any atom is -0.507 e. The van der Waals surface area contributed by atoms with Gasteiger partial charge in [-0.2, -0.15) is 0 Å². The zero-order chi connectivity index (χ0) is 12.5. The molecule has 3 N–H and O–H groups in total. The van der Waals surface area contributed by atoms with Gasteiger partial charge in [0.25, 0.3) is 0 Å². The van der Waals surface area contributed by atoms with Gasteiger partial charge in [0, 0.05) is 6.07 Å². The lowest BCUT2D eigenvalue weighted by molar-refractivity contribution is 0.00669. The summed E-state index contributed by atoms with van der Waals surface area (Å²) in [6.07, 6.45) is 0. The fraction of sp³-hybridized carbons (Fsp3) is 0.364. The summed E-state index contributed by atoms with van der Waals surface area (Å²) in [5.41, 5.74) is 5.07. The highest BCUT2D eigenvalue weighted by molar-refractivity contribution is 6.33. The van der Waals surface area contributed by atoms with Crippen LogP contribution in [0.1, 0.15) is 31.1 Å². The molecule has 5 heteroatoms. The summed E-state index contributed by atoms with van der Waals surface area (Å²) < 4.78 is 5.10. The molecule has 0 heterocycles. The summed E-state index contributed by atoms with van der Waals surface area (Å²) in [7, 11) is 0. The van der Waals surface area contributed by atoms with E-state index in [0.29, 0.717) is 0 Å². The first-order chi connectivity index (χ1) is 7.20. The number of carbonyl (C=O) groups excluding carboxylic acids is 1. The van der Waals surface area contributed by atoms with E-state index in [0.717, 1.165) is 0 Å². The Morgan fingerprint density at radius 1 is 1.44 bits per heavy atom. The molecule has 0 aliphatic rings. The summed E-state index contributed by atoms with van der Waals surface area (Å²) >= 11 is 5.76. The average molecular weight is 244 g/mol. The van der Waals surface area contributed by atoms with E-state index < -0.39 is 11.6 Å². The molecule has 0 amide bonds. The fourth-order valence-corrected chi connectivity index (χ4v) is 1.24. The van der Waals surface area contributed by atoms with Crippen molar-refractivity contribution in [3.8, 4) is 5.75 Å². The first kappa shape index (κ1) is 12.6. The zero-order valence-electron chi connectivity index (χ0n) is 9.37. The third-order valence-corrected chi connectivity index (χ3v) is 2.06. The lowest BCUT2D eigenvalue weighted by Gasteiger charge is -2.20. The van der Waals surface area contributed by atoms with Crippen LogP contribution in [0.3, 0.4) is 0 Å². The van der Waals surface area contributed by atoms with Gasteiger partial charge in [-0.3, -0.25) is 0 Å². The number of phenolic OH excluding ortho intramolecular Hbond substituents is 1. The number of ether oxygens (including phenoxy) is 1. The molecule has 0 bridgehead atoms. The van der Waals surface area contributed by atoms with Crippen LogP contribution in [0, 0.1) is 0 Å². The van der Waals surface area contributed by atoms with Gasteiger partial charge in [-0.05, 0) is 26.8 Å². The second-order valence-electron chi connectivity index (χ2n) is 4.39. The van der Waals surface area contributed by atoms with Gasteiger partial charge in [-0.15, -0.1) is 0 Å². The minimum atomic E-state index is -0.633. The zero-order valence-corrected chi connectivity index (χ0v) is 10.1. The van der Waals surface area contributed by atoms with Gasteiger partial charge in [0.2, 0.25) is 0 Å². The molecule has 0 atom stereocenters. The lowest BCUT2D eigenvalue weighted by atomic mass is 10.1. The number of hydrogen-bond donors (Lipinski definition) is 2. The van der Waals surface area contributed by atoms with Gasteiger partial charge in [0.15, 0.2) is 0 Å². The van der Waals surface area contributed by atoms with Crippen molar-refractivity contribution >= 4 is 23.3 Å². The Hall–Kier alpha value is -1.42. The van der Waals surface area contributed by atoms with Crippen LogP contribution in [-0.2, 0) is 4.74 Å². The molecule has 0 aliphatic heterocycles. The molecule has 16 heavy (non-hydrogen) atoms. The molecule has 0 aromatic heterocycles. The van der Waals surface area contributed by atoms with Gasteiger partial charge in [-0.25, -0.2) is 4.79 Å². The predicted octanol–water partition coefficient (Wildman–Crippen LogP) is 2.58. The molecule has 0 aliphatic carbocycles. The van der Waals surface area contributed by atoms with Crippen LogP contribution in [-0.4, -0.2) is 16.7 Å². The molecule has 0 fully saturated rings. The second-order valence-corrected chi connectivity index (χ2v) is 4.80. The summed E-state index contributed by atoms with van der Waals surface area (Å²) in [4.78, 5) is 11.7. The van der Waals surface area contributed by atoms with E-state index >= 15 is 0 Å². The van der Waals surface area contributed by atoms with Crippen LogP contribution < -0.4 is 5.73 Å². The lowest BCUT2D eigenvalue weighted by Crippen LogP contribution is -2.24. The number of carbonyl (C=O) groups is 1. The highest BCUT2D eigenvalue weighted by atomic mass is 35.5. The second kappa shape index (κ2) is 4.22. The van der Waals surface area contributed by atoms with E-state index in [1.807, 2.05) is 0 Å². The third-order valence-electron chi connectivity index (χ3n) is 1.73. The number of hydrogen-bond acceptors (Lipinski definition) is 4. The molecule has 1 aromatic rings. The van der Waals surface area contributed by atoms with Crippen LogP contribution in [0.2, 0.25) is 5.02 Å². The Morgan fingerprint density at radius 3 is 2.50 bits per heavy atom. The molecule has 0 radical (unpaired) electrons. The molecular formula is C11H14ClNO3. The van der Waals surface area contributed by atoms with Crippen LogP contribution in [0.5, 0.6) is 5.75 Å². The number of halogens is 1. The van der Waals surface area contributed by atoms with Crippen molar-refractivity contribution < 1.29 is 14.6 Å². The van der Waals surface area contributed by atoms with Crippen molar-refractivity contribution in [3.05, 3.63) is 22.7 Å². The maximum Gasteiger partial charge on any atom is 0.342 e. The van der Waals surface area contributed by atoms with E-state index in [9.17, 15) is 9.90 Å². The number of anilines is 1. The number of aromatic hydroxyl groups is 1. The van der Waals surface area contributed by atoms with Gasteiger partial charge in [-0.1, -0.05) is 11.6 Å². The Labute approximate surface area is 99.0 Å². The summed E-state index contributed by atoms with van der Waals surface area (Å²) in [6, 6.07) is 2.52. The SMILES string of the molecule is CC(C)(C)OC(=O)c1cc(Cl)c(N)cc1O. The maximum atomic E-state index is 11.7. The number of phenols is 1. The van der Waals surface area contributed by atoms with Crippen LogP contribution in [0.4, 0.5) is 5.69 Å². The third kappa shape index (κ3) is 3.03. The molecule has 0 spiro atoms. The van der Waals surface area contributed by atoms with Gasteiger partial charge < -0.3 is 15.6 Å². The van der Waals surface area contributed by atoms with E-state index in [1.54, 1.807) is 20.8 Å². The van der Waals surface area contributed by atoms with Crippen molar-refractivity contribution in [2.24, 2.45) is 0 Å². The number of nitrogens with two attached hydrogens (primary N) is 1. The van der Waals surface area contributed by atoms with Crippen LogP contribution in [0.25, 0.3) is 0 Å². The highest BCUT2D eigenvalue weighted by Gasteiger charge is 2.21. The van der Waals surface area contributed by atoms with Crippen molar-refractivity contribution in [2.45, 2.75) is 26.4 Å². The number of nitrogen functional groups attached to an aromatic ring is 1. The number of benzene rings is 1. The quantitative estimate of drug-likeness (QED) is 0.587. The van der Waals surface area contributed by atoms with Crippen molar-refractivity contribution in [3.63, 3.8) is 0 Å². The summed E-state index contributed by atoms with van der Waals surface area (Å²) in [6.45, 7) is 5.21. The normalized spacial score (nSPS) is 11.2. The molecule has 88 valence electrons. The first-order valence-corrected chi connectivity index (χ1v) is 5.10. The monoisotopic (exact) mass is 243 g/mol. The number of rotatable bonds is 1. The Balaban J connectivity index is 3.05. The van der Waals surface area contributed by atoms with E-state index in [2.05, 4.69) is 0 Å². The highest BCUT2D eigenvalue weighted by Crippen LogP contribution is 2.29. The largest absolute Gasteiger partial charge is 0.507 e. The van der Waals surface area contributed by atoms with E-state index in [-0.39, 0.29) is 22.0 Å². The van der Waals surface area contributed by atoms with E-state index in [1.165, 1.54) is 12.1 Å². The average Bonchev–Trinajstić information content (AvgIpc) is 2.08. The van der Waals surface area contributed by atoms with Crippen molar-refractivity contribution in [1.82, 2.24) is 0 Å². The van der Waals surface area contributed by atoms with Crippen molar-refractivity contribution in [1.29, 1.82) is 0 Å². The molecule has 4 nitrogen and oxygen atoms in total. The molecule has 0 unspecified atom stereocenters.